The van der Waals surface area contributed by atoms with Gasteiger partial charge < -0.3 is 24.8 Å². The first kappa shape index (κ1) is 20.2. The van der Waals surface area contributed by atoms with Crippen LogP contribution in [0.2, 0.25) is 39.3 Å². The van der Waals surface area contributed by atoms with Gasteiger partial charge in [-0.1, -0.05) is 0 Å². The Morgan fingerprint density at radius 2 is 1.47 bits per heavy atom. The number of allylic oxidation sites excluding steroid dienone is 4. The van der Waals surface area contributed by atoms with E-state index in [1.54, 1.807) is 5.20 Å². The molecule has 0 saturated heterocycles. The molecule has 0 bridgehead atoms. The number of halogens is 2. The van der Waals surface area contributed by atoms with Gasteiger partial charge in [-0.2, -0.15) is 0 Å². The molecule has 0 aromatic heterocycles. The number of hydrogen-bond donors (Lipinski definition) is 0. The fraction of sp³-hybridized carbons (Fsp3) is 0.636. The quantitative estimate of drug-likeness (QED) is 0.528. The minimum absolute atomic E-state index is 0. The largest absolute Gasteiger partial charge is 1.00 e. The van der Waals surface area contributed by atoms with E-state index < -0.39 is 32.4 Å². The van der Waals surface area contributed by atoms with Gasteiger partial charge in [-0.25, -0.2) is 0 Å². The van der Waals surface area contributed by atoms with E-state index in [0.717, 1.165) is 6.42 Å². The third kappa shape index (κ3) is 4.81. The molecule has 1 aliphatic rings. The summed E-state index contributed by atoms with van der Waals surface area (Å²) in [6.45, 7) is 14.1. The van der Waals surface area contributed by atoms with Gasteiger partial charge in [0.1, 0.15) is 0 Å². The van der Waals surface area contributed by atoms with Crippen molar-refractivity contribution in [1.82, 2.24) is 0 Å². The molecular formula is C11H21Cl2OSi2V. The van der Waals surface area contributed by atoms with Crippen LogP contribution in [0.3, 0.4) is 0 Å². The van der Waals surface area contributed by atoms with Gasteiger partial charge in [0.15, 0.2) is 0 Å². The summed E-state index contributed by atoms with van der Waals surface area (Å²) in [6, 6.07) is 0. The second kappa shape index (κ2) is 6.88. The Hall–Kier alpha value is 0.878. The zero-order valence-electron chi connectivity index (χ0n) is 11.4. The van der Waals surface area contributed by atoms with Gasteiger partial charge >= 0.3 is 103 Å². The van der Waals surface area contributed by atoms with Gasteiger partial charge in [0.25, 0.3) is 0 Å². The van der Waals surface area contributed by atoms with Gasteiger partial charge in [0.2, 0.25) is 0 Å². The Balaban J connectivity index is 0. The standard InChI is InChI=1S/C11H21Si2.2ClH.O.V/c1-12(2,3)10-7-8-11(9-10)13(4,5)6;;;;/h7H,8H2,1-6H3;2*1H;;/q;;;;+2/p-2. The summed E-state index contributed by atoms with van der Waals surface area (Å²) in [5, 5.41) is 3.03. The van der Waals surface area contributed by atoms with Crippen LogP contribution in [0.15, 0.2) is 20.8 Å². The third-order valence-electron chi connectivity index (χ3n) is 2.86. The van der Waals surface area contributed by atoms with Crippen molar-refractivity contribution < 1.29 is 44.7 Å². The topological polar surface area (TPSA) is 17.1 Å². The Labute approximate surface area is 127 Å². The molecule has 17 heavy (non-hydrogen) atoms. The van der Waals surface area contributed by atoms with Gasteiger partial charge in [0, 0.05) is 0 Å². The first-order chi connectivity index (χ1) is 6.68. The molecule has 1 aliphatic carbocycles. The van der Waals surface area contributed by atoms with Crippen molar-refractivity contribution in [2.24, 2.45) is 0 Å². The molecule has 0 aromatic rings. The van der Waals surface area contributed by atoms with E-state index in [0.29, 0.717) is 0 Å². The molecule has 0 atom stereocenters. The van der Waals surface area contributed by atoms with Crippen LogP contribution in [0.4, 0.5) is 0 Å². The van der Waals surface area contributed by atoms with E-state index in [1.165, 1.54) is 9.48 Å². The molecule has 0 amide bonds. The molecule has 0 aromatic carbocycles. The van der Waals surface area contributed by atoms with Crippen molar-refractivity contribution in [2.75, 3.05) is 0 Å². The summed E-state index contributed by atoms with van der Waals surface area (Å²) in [6.07, 6.45) is 3.45. The van der Waals surface area contributed by atoms with Gasteiger partial charge in [0.05, 0.1) is 0 Å². The Bertz CT molecular complexity index is 351. The summed E-state index contributed by atoms with van der Waals surface area (Å²) in [5.41, 5.74) is 0. The van der Waals surface area contributed by atoms with E-state index in [-0.39, 0.29) is 24.8 Å². The molecule has 0 radical (unpaired) electrons. The van der Waals surface area contributed by atoms with Gasteiger partial charge in [-0.3, -0.25) is 0 Å². The van der Waals surface area contributed by atoms with E-state index in [4.69, 9.17) is 0 Å². The summed E-state index contributed by atoms with van der Waals surface area (Å²) in [5.74, 6) is 0. The molecule has 0 heterocycles. The van der Waals surface area contributed by atoms with Crippen LogP contribution in [0.25, 0.3) is 0 Å². The molecular weight excluding hydrogens is 326 g/mol. The molecule has 98 valence electrons. The predicted molar refractivity (Wildman–Crippen MR) is 67.1 cm³/mol. The second-order valence-corrected chi connectivity index (χ2v) is 17.4. The SMILES string of the molecule is C[Si](C)(C)C1=CCC([Si](C)(C)C)=[C]1[V+2]=[O].[Cl-].[Cl-]. The van der Waals surface area contributed by atoms with Crippen molar-refractivity contribution >= 4 is 16.1 Å². The molecule has 0 aliphatic heterocycles. The number of hydrogen-bond acceptors (Lipinski definition) is 1. The molecule has 0 unspecified atom stereocenters. The zero-order chi connectivity index (χ0) is 11.9. The molecule has 1 rings (SSSR count). The summed E-state index contributed by atoms with van der Waals surface area (Å²) < 4.78 is 12.8. The van der Waals surface area contributed by atoms with E-state index >= 15 is 0 Å². The van der Waals surface area contributed by atoms with E-state index in [2.05, 4.69) is 45.4 Å². The summed E-state index contributed by atoms with van der Waals surface area (Å²) in [7, 11) is -2.54. The minimum atomic E-state index is -1.28. The molecule has 0 fully saturated rings. The van der Waals surface area contributed by atoms with Crippen molar-refractivity contribution in [3.63, 3.8) is 0 Å². The van der Waals surface area contributed by atoms with E-state index in [1.807, 2.05) is 0 Å². The monoisotopic (exact) mass is 346 g/mol. The summed E-state index contributed by atoms with van der Waals surface area (Å²) >= 11 is -0.834. The van der Waals surface area contributed by atoms with Crippen LogP contribution in [-0.2, 0) is 19.9 Å². The molecule has 0 spiro atoms. The average molecular weight is 347 g/mol. The normalized spacial score (nSPS) is 15.8. The van der Waals surface area contributed by atoms with Crippen molar-refractivity contribution in [2.45, 2.75) is 45.7 Å². The maximum Gasteiger partial charge on any atom is -1.00 e. The van der Waals surface area contributed by atoms with Crippen LogP contribution in [-0.4, -0.2) is 16.1 Å². The van der Waals surface area contributed by atoms with Crippen LogP contribution >= 0.6 is 0 Å². The molecule has 0 saturated carbocycles. The first-order valence-electron chi connectivity index (χ1n) is 5.46. The minimum Gasteiger partial charge on any atom is -1.00 e. The van der Waals surface area contributed by atoms with Gasteiger partial charge in [-0.05, 0) is 0 Å². The zero-order valence-corrected chi connectivity index (χ0v) is 16.3. The van der Waals surface area contributed by atoms with E-state index in [9.17, 15) is 3.67 Å². The maximum absolute atomic E-state index is 11.5. The van der Waals surface area contributed by atoms with Crippen LogP contribution in [0.1, 0.15) is 6.42 Å². The van der Waals surface area contributed by atoms with Gasteiger partial charge in [-0.15, -0.1) is 0 Å². The van der Waals surface area contributed by atoms with Crippen molar-refractivity contribution in [1.29, 1.82) is 0 Å². The third-order valence-corrected chi connectivity index (χ3v) is 8.95. The van der Waals surface area contributed by atoms with Crippen LogP contribution < -0.4 is 24.8 Å². The molecule has 6 heteroatoms. The molecule has 0 N–H and O–H groups in total. The second-order valence-electron chi connectivity index (χ2n) is 6.24. The fourth-order valence-corrected chi connectivity index (χ4v) is 9.38. The van der Waals surface area contributed by atoms with Crippen molar-refractivity contribution in [3.05, 3.63) is 20.8 Å². The first-order valence-corrected chi connectivity index (χ1v) is 13.7. The molecule has 1 nitrogen and oxygen atoms in total. The predicted octanol–water partition coefficient (Wildman–Crippen LogP) is -2.24. The van der Waals surface area contributed by atoms with Crippen LogP contribution in [0, 0.1) is 0 Å². The van der Waals surface area contributed by atoms with Crippen molar-refractivity contribution in [3.8, 4) is 0 Å². The Kier molecular flexibility index (Phi) is 8.17. The van der Waals surface area contributed by atoms with Crippen LogP contribution in [0.5, 0.6) is 0 Å². The number of rotatable bonds is 3. The Morgan fingerprint density at radius 3 is 1.76 bits per heavy atom. The summed E-state index contributed by atoms with van der Waals surface area (Å²) in [4.78, 5) is 0. The Morgan fingerprint density at radius 1 is 1.00 bits per heavy atom. The fourth-order valence-electron chi connectivity index (χ4n) is 1.99. The maximum atomic E-state index is 11.5. The average Bonchev–Trinajstić information content (AvgIpc) is 2.43. The smallest absolute Gasteiger partial charge is 1.00 e.